The Morgan fingerprint density at radius 3 is 2.74 bits per heavy atom. The smallest absolute Gasteiger partial charge is 0.254 e. The normalized spacial score (nSPS) is 10.2. The van der Waals surface area contributed by atoms with Crippen LogP contribution >= 0.6 is 0 Å². The molecular weight excluding hydrogens is 244 g/mol. The highest BCUT2D eigenvalue weighted by atomic mass is 16.3. The lowest BCUT2D eigenvalue weighted by Crippen LogP contribution is -2.27. The lowest BCUT2D eigenvalue weighted by Gasteiger charge is -2.17. The summed E-state index contributed by atoms with van der Waals surface area (Å²) >= 11 is 0. The Morgan fingerprint density at radius 1 is 1.32 bits per heavy atom. The standard InChI is InChI=1S/C14H14N2O3/c1-16(9-11-4-2-3-5-12(11)17)14(19)10-6-7-15-13(18)8-10/h2-8,17H,9H2,1H3,(H,15,18). The number of benzene rings is 1. The first-order valence-electron chi connectivity index (χ1n) is 5.79. The molecule has 2 aromatic rings. The molecular formula is C14H14N2O3. The number of rotatable bonds is 3. The lowest BCUT2D eigenvalue weighted by molar-refractivity contribution is 0.0784. The van der Waals surface area contributed by atoms with Crippen LogP contribution in [0.4, 0.5) is 0 Å². The summed E-state index contributed by atoms with van der Waals surface area (Å²) in [5, 5.41) is 9.66. The molecule has 0 aliphatic rings. The van der Waals surface area contributed by atoms with E-state index in [-0.39, 0.29) is 23.8 Å². The summed E-state index contributed by atoms with van der Waals surface area (Å²) in [5.41, 5.74) is 0.659. The first kappa shape index (κ1) is 12.9. The van der Waals surface area contributed by atoms with Gasteiger partial charge in [0.1, 0.15) is 5.75 Å². The van der Waals surface area contributed by atoms with Crippen LogP contribution in [-0.2, 0) is 6.54 Å². The second-order valence-electron chi connectivity index (χ2n) is 4.23. The molecule has 0 fully saturated rings. The van der Waals surface area contributed by atoms with Gasteiger partial charge in [-0.15, -0.1) is 0 Å². The topological polar surface area (TPSA) is 73.4 Å². The number of phenols is 1. The number of aromatic hydroxyl groups is 1. The second-order valence-corrected chi connectivity index (χ2v) is 4.23. The zero-order valence-electron chi connectivity index (χ0n) is 10.5. The number of nitrogens with one attached hydrogen (secondary N) is 1. The highest BCUT2D eigenvalue weighted by molar-refractivity contribution is 5.93. The number of hydrogen-bond donors (Lipinski definition) is 2. The summed E-state index contributed by atoms with van der Waals surface area (Å²) in [6.07, 6.45) is 1.43. The molecule has 98 valence electrons. The fourth-order valence-electron chi connectivity index (χ4n) is 1.77. The van der Waals surface area contributed by atoms with Crippen molar-refractivity contribution in [2.24, 2.45) is 0 Å². The molecule has 0 unspecified atom stereocenters. The van der Waals surface area contributed by atoms with Crippen molar-refractivity contribution >= 4 is 5.91 Å². The van der Waals surface area contributed by atoms with Gasteiger partial charge in [0.25, 0.3) is 5.91 Å². The van der Waals surface area contributed by atoms with Gasteiger partial charge in [0.05, 0.1) is 0 Å². The highest BCUT2D eigenvalue weighted by Crippen LogP contribution is 2.17. The molecule has 5 heteroatoms. The number of para-hydroxylation sites is 1. The van der Waals surface area contributed by atoms with Gasteiger partial charge in [0.2, 0.25) is 5.56 Å². The van der Waals surface area contributed by atoms with Crippen LogP contribution in [0.5, 0.6) is 5.75 Å². The minimum Gasteiger partial charge on any atom is -0.508 e. The lowest BCUT2D eigenvalue weighted by atomic mass is 10.1. The maximum atomic E-state index is 12.1. The van der Waals surface area contributed by atoms with Crippen LogP contribution in [0.15, 0.2) is 47.4 Å². The highest BCUT2D eigenvalue weighted by Gasteiger charge is 2.13. The number of hydrogen-bond acceptors (Lipinski definition) is 3. The van der Waals surface area contributed by atoms with Crippen molar-refractivity contribution in [1.29, 1.82) is 0 Å². The van der Waals surface area contributed by atoms with Gasteiger partial charge in [-0.2, -0.15) is 0 Å². The van der Waals surface area contributed by atoms with Crippen molar-refractivity contribution in [3.63, 3.8) is 0 Å². The Bertz CT molecular complexity index is 649. The number of carbonyl (C=O) groups excluding carboxylic acids is 1. The largest absolute Gasteiger partial charge is 0.508 e. The van der Waals surface area contributed by atoms with E-state index in [0.29, 0.717) is 11.1 Å². The van der Waals surface area contributed by atoms with Crippen LogP contribution in [0.1, 0.15) is 15.9 Å². The Kier molecular flexibility index (Phi) is 3.66. The summed E-state index contributed by atoms with van der Waals surface area (Å²) in [5.74, 6) is -0.123. The molecule has 0 radical (unpaired) electrons. The predicted molar refractivity (Wildman–Crippen MR) is 71.0 cm³/mol. The SMILES string of the molecule is CN(Cc1ccccc1O)C(=O)c1cc[nH]c(=O)c1. The number of phenolic OH excluding ortho intramolecular Hbond substituents is 1. The first-order valence-corrected chi connectivity index (χ1v) is 5.79. The summed E-state index contributed by atoms with van der Waals surface area (Å²) in [6, 6.07) is 9.63. The van der Waals surface area contributed by atoms with Crippen LogP contribution < -0.4 is 5.56 Å². The Labute approximate surface area is 110 Å². The Hall–Kier alpha value is -2.56. The molecule has 1 amide bonds. The fraction of sp³-hybridized carbons (Fsp3) is 0.143. The van der Waals surface area contributed by atoms with Crippen molar-refractivity contribution in [3.05, 3.63) is 64.1 Å². The van der Waals surface area contributed by atoms with Gasteiger partial charge in [0.15, 0.2) is 0 Å². The van der Waals surface area contributed by atoms with E-state index in [1.165, 1.54) is 17.2 Å². The van der Waals surface area contributed by atoms with Gasteiger partial charge < -0.3 is 15.0 Å². The van der Waals surface area contributed by atoms with Crippen molar-refractivity contribution in [2.45, 2.75) is 6.54 Å². The summed E-state index contributed by atoms with van der Waals surface area (Å²) in [7, 11) is 1.62. The third kappa shape index (κ3) is 3.01. The third-order valence-corrected chi connectivity index (χ3v) is 2.77. The molecule has 19 heavy (non-hydrogen) atoms. The average Bonchev–Trinajstić information content (AvgIpc) is 2.40. The van der Waals surface area contributed by atoms with Gasteiger partial charge in [-0.1, -0.05) is 18.2 Å². The molecule has 2 rings (SSSR count). The van der Waals surface area contributed by atoms with Crippen LogP contribution in [-0.4, -0.2) is 27.9 Å². The number of H-pyrrole nitrogens is 1. The molecule has 0 bridgehead atoms. The van der Waals surface area contributed by atoms with E-state index < -0.39 is 0 Å². The molecule has 1 aromatic heterocycles. The maximum Gasteiger partial charge on any atom is 0.254 e. The second kappa shape index (κ2) is 5.39. The van der Waals surface area contributed by atoms with E-state index in [4.69, 9.17) is 0 Å². The zero-order valence-corrected chi connectivity index (χ0v) is 10.5. The molecule has 1 aromatic carbocycles. The number of pyridine rings is 1. The molecule has 0 aliphatic carbocycles. The van der Waals surface area contributed by atoms with Crippen molar-refractivity contribution < 1.29 is 9.90 Å². The number of nitrogens with zero attached hydrogens (tertiary/aromatic N) is 1. The monoisotopic (exact) mass is 258 g/mol. The summed E-state index contributed by atoms with van der Waals surface area (Å²) in [6.45, 7) is 0.276. The van der Waals surface area contributed by atoms with E-state index in [0.717, 1.165) is 0 Å². The fourth-order valence-corrected chi connectivity index (χ4v) is 1.77. The van der Waals surface area contributed by atoms with E-state index in [1.54, 1.807) is 37.4 Å². The van der Waals surface area contributed by atoms with Crippen LogP contribution in [0.25, 0.3) is 0 Å². The molecule has 0 spiro atoms. The summed E-state index contributed by atoms with van der Waals surface area (Å²) in [4.78, 5) is 27.2. The minimum atomic E-state index is -0.318. The van der Waals surface area contributed by atoms with Crippen molar-refractivity contribution in [3.8, 4) is 5.75 Å². The summed E-state index contributed by atoms with van der Waals surface area (Å²) < 4.78 is 0. The van der Waals surface area contributed by atoms with Gasteiger partial charge in [-0.3, -0.25) is 9.59 Å². The number of amides is 1. The van der Waals surface area contributed by atoms with Gasteiger partial charge in [-0.05, 0) is 12.1 Å². The predicted octanol–water partition coefficient (Wildman–Crippen LogP) is 1.35. The molecule has 2 N–H and O–H groups in total. The Morgan fingerprint density at radius 2 is 2.05 bits per heavy atom. The van der Waals surface area contributed by atoms with E-state index in [1.807, 2.05) is 0 Å². The molecule has 1 heterocycles. The molecule has 0 saturated heterocycles. The number of aromatic nitrogens is 1. The van der Waals surface area contributed by atoms with Gasteiger partial charge in [-0.25, -0.2) is 0 Å². The molecule has 0 atom stereocenters. The quantitative estimate of drug-likeness (QED) is 0.872. The number of aromatic amines is 1. The molecule has 0 saturated carbocycles. The average molecular weight is 258 g/mol. The first-order chi connectivity index (χ1) is 9.08. The minimum absolute atomic E-state index is 0.146. The van der Waals surface area contributed by atoms with E-state index >= 15 is 0 Å². The zero-order chi connectivity index (χ0) is 13.8. The van der Waals surface area contributed by atoms with Crippen LogP contribution in [0.2, 0.25) is 0 Å². The third-order valence-electron chi connectivity index (χ3n) is 2.77. The molecule has 0 aliphatic heterocycles. The maximum absolute atomic E-state index is 12.1. The van der Waals surface area contributed by atoms with Crippen molar-refractivity contribution in [1.82, 2.24) is 9.88 Å². The molecule has 5 nitrogen and oxygen atoms in total. The van der Waals surface area contributed by atoms with Crippen LogP contribution in [0, 0.1) is 0 Å². The van der Waals surface area contributed by atoms with Gasteiger partial charge >= 0.3 is 0 Å². The van der Waals surface area contributed by atoms with Crippen molar-refractivity contribution in [2.75, 3.05) is 7.05 Å². The number of carbonyl (C=O) groups is 1. The Balaban J connectivity index is 2.16. The van der Waals surface area contributed by atoms with Gasteiger partial charge in [0, 0.05) is 37.0 Å². The van der Waals surface area contributed by atoms with Crippen LogP contribution in [0.3, 0.4) is 0 Å². The van der Waals surface area contributed by atoms with E-state index in [2.05, 4.69) is 4.98 Å². The van der Waals surface area contributed by atoms with E-state index in [9.17, 15) is 14.7 Å².